The summed E-state index contributed by atoms with van der Waals surface area (Å²) >= 11 is 0. The Kier molecular flexibility index (Phi) is 3.38. The zero-order chi connectivity index (χ0) is 12.5. The van der Waals surface area contributed by atoms with Crippen molar-refractivity contribution in [1.29, 1.82) is 0 Å². The molecular formula is C14H21FN2. The number of anilines is 1. The predicted octanol–water partition coefficient (Wildman–Crippen LogP) is 2.71. The first-order valence-corrected chi connectivity index (χ1v) is 6.24. The molecule has 94 valence electrons. The minimum atomic E-state index is -0.117. The molecule has 0 unspecified atom stereocenters. The van der Waals surface area contributed by atoms with Crippen LogP contribution in [0, 0.1) is 12.7 Å². The lowest BCUT2D eigenvalue weighted by molar-refractivity contribution is 0.415. The highest BCUT2D eigenvalue weighted by atomic mass is 19.1. The molecule has 2 rings (SSSR count). The standard InChI is InChI=1S/C14H21FN2/c1-11-5-6-12(15)13(9-11)17-8-4-7-16-14(2,3)10-17/h5-6,9,16H,4,7-8,10H2,1-3H3. The maximum atomic E-state index is 13.9. The summed E-state index contributed by atoms with van der Waals surface area (Å²) < 4.78 is 13.9. The highest BCUT2D eigenvalue weighted by Crippen LogP contribution is 2.24. The van der Waals surface area contributed by atoms with E-state index >= 15 is 0 Å². The Morgan fingerprint density at radius 3 is 2.88 bits per heavy atom. The van der Waals surface area contributed by atoms with Gasteiger partial charge in [0.05, 0.1) is 5.69 Å². The summed E-state index contributed by atoms with van der Waals surface area (Å²) in [6.45, 7) is 9.09. The second-order valence-electron chi connectivity index (χ2n) is 5.54. The van der Waals surface area contributed by atoms with Gasteiger partial charge in [0.2, 0.25) is 0 Å². The van der Waals surface area contributed by atoms with Crippen LogP contribution in [0.3, 0.4) is 0 Å². The Morgan fingerprint density at radius 1 is 1.35 bits per heavy atom. The number of rotatable bonds is 1. The van der Waals surface area contributed by atoms with Gasteiger partial charge in [-0.2, -0.15) is 0 Å². The molecule has 1 fully saturated rings. The van der Waals surface area contributed by atoms with Crippen LogP contribution in [-0.4, -0.2) is 25.2 Å². The van der Waals surface area contributed by atoms with Gasteiger partial charge in [0.25, 0.3) is 0 Å². The zero-order valence-electron chi connectivity index (χ0n) is 10.9. The maximum absolute atomic E-state index is 13.9. The molecule has 0 spiro atoms. The van der Waals surface area contributed by atoms with E-state index in [1.807, 2.05) is 19.1 Å². The van der Waals surface area contributed by atoms with Gasteiger partial charge >= 0.3 is 0 Å². The normalized spacial score (nSPS) is 20.1. The molecule has 1 saturated heterocycles. The van der Waals surface area contributed by atoms with Gasteiger partial charge in [-0.1, -0.05) is 6.07 Å². The minimum Gasteiger partial charge on any atom is -0.367 e. The average Bonchev–Trinajstić information content (AvgIpc) is 2.43. The topological polar surface area (TPSA) is 15.3 Å². The molecular weight excluding hydrogens is 215 g/mol. The Bertz CT molecular complexity index is 401. The molecule has 0 bridgehead atoms. The fraction of sp³-hybridized carbons (Fsp3) is 0.571. The van der Waals surface area contributed by atoms with E-state index in [0.717, 1.165) is 37.3 Å². The van der Waals surface area contributed by atoms with E-state index in [0.29, 0.717) is 0 Å². The van der Waals surface area contributed by atoms with Crippen molar-refractivity contribution < 1.29 is 4.39 Å². The third kappa shape index (κ3) is 2.97. The lowest BCUT2D eigenvalue weighted by Crippen LogP contribution is -2.46. The van der Waals surface area contributed by atoms with Crippen molar-refractivity contribution in [2.24, 2.45) is 0 Å². The number of nitrogens with zero attached hydrogens (tertiary/aromatic N) is 1. The van der Waals surface area contributed by atoms with Crippen molar-refractivity contribution in [3.63, 3.8) is 0 Å². The van der Waals surface area contributed by atoms with E-state index in [1.165, 1.54) is 0 Å². The van der Waals surface area contributed by atoms with E-state index in [2.05, 4.69) is 24.1 Å². The molecule has 1 aliphatic heterocycles. The van der Waals surface area contributed by atoms with Gasteiger partial charge in [0, 0.05) is 18.6 Å². The summed E-state index contributed by atoms with van der Waals surface area (Å²) in [5.74, 6) is -0.117. The average molecular weight is 236 g/mol. The molecule has 2 nitrogen and oxygen atoms in total. The molecule has 0 aromatic heterocycles. The highest BCUT2D eigenvalue weighted by Gasteiger charge is 2.25. The second kappa shape index (κ2) is 4.65. The molecule has 1 aliphatic rings. The van der Waals surface area contributed by atoms with Crippen molar-refractivity contribution >= 4 is 5.69 Å². The van der Waals surface area contributed by atoms with Gasteiger partial charge in [0.15, 0.2) is 0 Å². The molecule has 0 atom stereocenters. The van der Waals surface area contributed by atoms with Crippen LogP contribution in [-0.2, 0) is 0 Å². The number of benzene rings is 1. The second-order valence-corrected chi connectivity index (χ2v) is 5.54. The summed E-state index contributed by atoms with van der Waals surface area (Å²) in [4.78, 5) is 2.16. The van der Waals surface area contributed by atoms with Crippen LogP contribution < -0.4 is 10.2 Å². The fourth-order valence-electron chi connectivity index (χ4n) is 2.38. The van der Waals surface area contributed by atoms with Crippen LogP contribution in [0.5, 0.6) is 0 Å². The zero-order valence-corrected chi connectivity index (χ0v) is 10.9. The van der Waals surface area contributed by atoms with E-state index in [1.54, 1.807) is 6.07 Å². The summed E-state index contributed by atoms with van der Waals surface area (Å²) in [6, 6.07) is 5.33. The minimum absolute atomic E-state index is 0.0344. The molecule has 1 heterocycles. The van der Waals surface area contributed by atoms with Gasteiger partial charge < -0.3 is 10.2 Å². The van der Waals surface area contributed by atoms with Gasteiger partial charge in [-0.3, -0.25) is 0 Å². The number of aryl methyl sites for hydroxylation is 1. The predicted molar refractivity (Wildman–Crippen MR) is 70.0 cm³/mol. The fourth-order valence-corrected chi connectivity index (χ4v) is 2.38. The molecule has 0 amide bonds. The Morgan fingerprint density at radius 2 is 2.12 bits per heavy atom. The third-order valence-corrected chi connectivity index (χ3v) is 3.24. The van der Waals surface area contributed by atoms with Crippen LogP contribution in [0.15, 0.2) is 18.2 Å². The van der Waals surface area contributed by atoms with E-state index < -0.39 is 0 Å². The molecule has 0 aliphatic carbocycles. The summed E-state index contributed by atoms with van der Waals surface area (Å²) in [5.41, 5.74) is 1.88. The molecule has 1 aromatic rings. The highest BCUT2D eigenvalue weighted by molar-refractivity contribution is 5.50. The molecule has 0 saturated carbocycles. The molecule has 3 heteroatoms. The van der Waals surface area contributed by atoms with Crippen molar-refractivity contribution in [3.05, 3.63) is 29.6 Å². The smallest absolute Gasteiger partial charge is 0.146 e. The van der Waals surface area contributed by atoms with Crippen LogP contribution in [0.1, 0.15) is 25.8 Å². The lowest BCUT2D eigenvalue weighted by atomic mass is 10.0. The number of halogens is 1. The number of nitrogens with one attached hydrogen (secondary N) is 1. The van der Waals surface area contributed by atoms with Gasteiger partial charge in [-0.05, 0) is 51.4 Å². The first kappa shape index (κ1) is 12.4. The summed E-state index contributed by atoms with van der Waals surface area (Å²) in [7, 11) is 0. The van der Waals surface area contributed by atoms with E-state index in [4.69, 9.17) is 0 Å². The Balaban J connectivity index is 2.28. The first-order chi connectivity index (χ1) is 7.98. The maximum Gasteiger partial charge on any atom is 0.146 e. The van der Waals surface area contributed by atoms with E-state index in [-0.39, 0.29) is 11.4 Å². The quantitative estimate of drug-likeness (QED) is 0.806. The third-order valence-electron chi connectivity index (χ3n) is 3.24. The van der Waals surface area contributed by atoms with Crippen LogP contribution in [0.25, 0.3) is 0 Å². The summed E-state index contributed by atoms with van der Waals surface area (Å²) in [6.07, 6.45) is 1.05. The number of hydrogen-bond donors (Lipinski definition) is 1. The lowest BCUT2D eigenvalue weighted by Gasteiger charge is -2.31. The number of hydrogen-bond acceptors (Lipinski definition) is 2. The van der Waals surface area contributed by atoms with Crippen molar-refractivity contribution in [2.75, 3.05) is 24.5 Å². The Hall–Kier alpha value is -1.09. The van der Waals surface area contributed by atoms with Crippen molar-refractivity contribution in [3.8, 4) is 0 Å². The van der Waals surface area contributed by atoms with Crippen LogP contribution >= 0.6 is 0 Å². The van der Waals surface area contributed by atoms with Gasteiger partial charge in [-0.15, -0.1) is 0 Å². The molecule has 1 N–H and O–H groups in total. The van der Waals surface area contributed by atoms with Crippen LogP contribution in [0.4, 0.5) is 10.1 Å². The monoisotopic (exact) mass is 236 g/mol. The van der Waals surface area contributed by atoms with Crippen molar-refractivity contribution in [1.82, 2.24) is 5.32 Å². The van der Waals surface area contributed by atoms with Gasteiger partial charge in [-0.25, -0.2) is 4.39 Å². The SMILES string of the molecule is Cc1ccc(F)c(N2CCCNC(C)(C)C2)c1. The van der Waals surface area contributed by atoms with Crippen molar-refractivity contribution in [2.45, 2.75) is 32.7 Å². The summed E-state index contributed by atoms with van der Waals surface area (Å²) in [5, 5.41) is 3.49. The largest absolute Gasteiger partial charge is 0.367 e. The Labute approximate surface area is 103 Å². The molecule has 17 heavy (non-hydrogen) atoms. The first-order valence-electron chi connectivity index (χ1n) is 6.24. The molecule has 0 radical (unpaired) electrons. The van der Waals surface area contributed by atoms with Gasteiger partial charge in [0.1, 0.15) is 5.82 Å². The van der Waals surface area contributed by atoms with Crippen LogP contribution in [0.2, 0.25) is 0 Å². The molecule has 1 aromatic carbocycles. The van der Waals surface area contributed by atoms with E-state index in [9.17, 15) is 4.39 Å².